The quantitative estimate of drug-likeness (QED) is 0.220. The molecule has 4 N–H and O–H groups in total. The molecule has 8 nitrogen and oxygen atoms in total. The Morgan fingerprint density at radius 3 is 2.45 bits per heavy atom. The second-order valence-corrected chi connectivity index (χ2v) is 4.34. The van der Waals surface area contributed by atoms with Gasteiger partial charge in [0.05, 0.1) is 12.5 Å². The van der Waals surface area contributed by atoms with E-state index in [1.165, 1.54) is 0 Å². The molecular weight excluding hydrogens is 288 g/mol. The maximum Gasteiger partial charge on any atom is 0.303 e. The van der Waals surface area contributed by atoms with Crippen molar-refractivity contribution in [3.8, 4) is 0 Å². The van der Waals surface area contributed by atoms with Crippen molar-refractivity contribution in [2.75, 3.05) is 5.75 Å². The third kappa shape index (κ3) is 8.48. The van der Waals surface area contributed by atoms with E-state index in [-0.39, 0.29) is 37.9 Å². The SMILES string of the molecule is N[C@H](CCC(=O)N[C@@H](CS)C(=O)CCC(=O)O)OC=O. The Kier molecular flexibility index (Phi) is 9.39. The number of aliphatic carboxylic acids is 1. The van der Waals surface area contributed by atoms with E-state index in [1.807, 2.05) is 0 Å². The van der Waals surface area contributed by atoms with Gasteiger partial charge in [0, 0.05) is 25.0 Å². The van der Waals surface area contributed by atoms with E-state index in [0.717, 1.165) is 0 Å². The third-order valence-corrected chi connectivity index (χ3v) is 2.74. The summed E-state index contributed by atoms with van der Waals surface area (Å²) in [6, 6.07) is -0.839. The van der Waals surface area contributed by atoms with Crippen LogP contribution in [0.1, 0.15) is 25.7 Å². The molecule has 0 spiro atoms. The highest BCUT2D eigenvalue weighted by molar-refractivity contribution is 7.80. The third-order valence-electron chi connectivity index (χ3n) is 2.38. The second-order valence-electron chi connectivity index (χ2n) is 3.97. The molecule has 0 aromatic carbocycles. The van der Waals surface area contributed by atoms with Crippen LogP contribution in [-0.4, -0.2) is 47.3 Å². The number of hydrogen-bond acceptors (Lipinski definition) is 7. The molecule has 0 aliphatic rings. The molecule has 0 aromatic rings. The van der Waals surface area contributed by atoms with Crippen LogP contribution in [0.3, 0.4) is 0 Å². The average molecular weight is 306 g/mol. The average Bonchev–Trinajstić information content (AvgIpc) is 2.40. The first-order chi connectivity index (χ1) is 9.40. The van der Waals surface area contributed by atoms with Gasteiger partial charge in [0.2, 0.25) is 5.91 Å². The highest BCUT2D eigenvalue weighted by Gasteiger charge is 2.20. The number of carboxylic acids is 1. The highest BCUT2D eigenvalue weighted by atomic mass is 32.1. The zero-order valence-electron chi connectivity index (χ0n) is 10.8. The maximum atomic E-state index is 11.6. The van der Waals surface area contributed by atoms with Crippen molar-refractivity contribution in [1.82, 2.24) is 5.32 Å². The lowest BCUT2D eigenvalue weighted by atomic mass is 10.1. The molecule has 0 saturated carbocycles. The molecule has 0 heterocycles. The fourth-order valence-electron chi connectivity index (χ4n) is 1.31. The van der Waals surface area contributed by atoms with Crippen molar-refractivity contribution in [2.45, 2.75) is 38.0 Å². The summed E-state index contributed by atoms with van der Waals surface area (Å²) in [6.07, 6.45) is -1.25. The Balaban J connectivity index is 4.14. The number of Topliss-reactive ketones (excluding diaryl/α,β-unsaturated/α-hetero) is 1. The molecule has 0 radical (unpaired) electrons. The van der Waals surface area contributed by atoms with Gasteiger partial charge in [-0.15, -0.1) is 0 Å². The summed E-state index contributed by atoms with van der Waals surface area (Å²) in [5.74, 6) is -1.86. The first kappa shape index (κ1) is 18.4. The van der Waals surface area contributed by atoms with Gasteiger partial charge in [0.15, 0.2) is 12.0 Å². The van der Waals surface area contributed by atoms with Crippen LogP contribution in [0.15, 0.2) is 0 Å². The molecule has 1 amide bonds. The van der Waals surface area contributed by atoms with Gasteiger partial charge in [-0.2, -0.15) is 12.6 Å². The molecule has 0 aromatic heterocycles. The van der Waals surface area contributed by atoms with E-state index in [0.29, 0.717) is 0 Å². The molecule has 2 atom stereocenters. The molecule has 0 fully saturated rings. The summed E-state index contributed by atoms with van der Waals surface area (Å²) in [7, 11) is 0. The number of carbonyl (C=O) groups is 4. The number of ketones is 1. The fourth-order valence-corrected chi connectivity index (χ4v) is 1.61. The molecule has 20 heavy (non-hydrogen) atoms. The van der Waals surface area contributed by atoms with Crippen molar-refractivity contribution >= 4 is 36.8 Å². The van der Waals surface area contributed by atoms with Gasteiger partial charge in [-0.1, -0.05) is 0 Å². The second kappa shape index (κ2) is 10.2. The van der Waals surface area contributed by atoms with Crippen molar-refractivity contribution < 1.29 is 29.0 Å². The Morgan fingerprint density at radius 1 is 1.30 bits per heavy atom. The number of carbonyl (C=O) groups excluding carboxylic acids is 3. The summed E-state index contributed by atoms with van der Waals surface area (Å²) >= 11 is 3.94. The molecule has 0 bridgehead atoms. The van der Waals surface area contributed by atoms with Crippen LogP contribution >= 0.6 is 12.6 Å². The number of ether oxygens (including phenoxy) is 1. The van der Waals surface area contributed by atoms with Crippen LogP contribution in [0, 0.1) is 0 Å². The summed E-state index contributed by atoms with van der Waals surface area (Å²) in [5.41, 5.74) is 5.36. The molecule has 114 valence electrons. The molecular formula is C11H18N2O6S. The zero-order valence-corrected chi connectivity index (χ0v) is 11.7. The van der Waals surface area contributed by atoms with Gasteiger partial charge in [0.25, 0.3) is 6.47 Å². The summed E-state index contributed by atoms with van der Waals surface area (Å²) in [5, 5.41) is 10.9. The van der Waals surface area contributed by atoms with Crippen LogP contribution in [0.4, 0.5) is 0 Å². The predicted octanol–water partition coefficient (Wildman–Crippen LogP) is -0.927. The maximum absolute atomic E-state index is 11.6. The molecule has 0 aliphatic heterocycles. The lowest BCUT2D eigenvalue weighted by molar-refractivity contribution is -0.139. The number of rotatable bonds is 11. The number of thiol groups is 1. The molecule has 0 unspecified atom stereocenters. The van der Waals surface area contributed by atoms with Crippen LogP contribution < -0.4 is 11.1 Å². The van der Waals surface area contributed by atoms with E-state index >= 15 is 0 Å². The lowest BCUT2D eigenvalue weighted by Crippen LogP contribution is -2.42. The largest absolute Gasteiger partial charge is 0.481 e. The predicted molar refractivity (Wildman–Crippen MR) is 72.0 cm³/mol. The van der Waals surface area contributed by atoms with E-state index < -0.39 is 29.9 Å². The number of nitrogens with two attached hydrogens (primary N) is 1. The first-order valence-corrected chi connectivity index (χ1v) is 6.53. The molecule has 9 heteroatoms. The van der Waals surface area contributed by atoms with Gasteiger partial charge >= 0.3 is 5.97 Å². The van der Waals surface area contributed by atoms with Crippen LogP contribution in [0.5, 0.6) is 0 Å². The van der Waals surface area contributed by atoms with Crippen LogP contribution in [-0.2, 0) is 23.9 Å². The number of hydrogen-bond donors (Lipinski definition) is 4. The van der Waals surface area contributed by atoms with Crippen LogP contribution in [0.25, 0.3) is 0 Å². The van der Waals surface area contributed by atoms with E-state index in [9.17, 15) is 19.2 Å². The molecule has 0 rings (SSSR count). The van der Waals surface area contributed by atoms with Crippen LogP contribution in [0.2, 0.25) is 0 Å². The Morgan fingerprint density at radius 2 is 1.95 bits per heavy atom. The highest BCUT2D eigenvalue weighted by Crippen LogP contribution is 2.01. The van der Waals surface area contributed by atoms with Gasteiger partial charge in [0.1, 0.15) is 0 Å². The number of carboxylic acid groups (broad SMARTS) is 1. The van der Waals surface area contributed by atoms with Crippen molar-refractivity contribution in [1.29, 1.82) is 0 Å². The molecule has 0 aliphatic carbocycles. The zero-order chi connectivity index (χ0) is 15.5. The minimum atomic E-state index is -1.08. The van der Waals surface area contributed by atoms with E-state index in [4.69, 9.17) is 10.8 Å². The van der Waals surface area contributed by atoms with E-state index in [1.54, 1.807) is 0 Å². The summed E-state index contributed by atoms with van der Waals surface area (Å²) in [4.78, 5) is 43.5. The normalized spacial score (nSPS) is 13.1. The van der Waals surface area contributed by atoms with Crippen molar-refractivity contribution in [3.63, 3.8) is 0 Å². The standard InChI is InChI=1S/C11H18N2O6S/c12-9(19-6-14)2-3-10(16)13-7(5-20)8(15)1-4-11(17)18/h6-7,9,20H,1-5,12H2,(H,13,16)(H,17,18)/t7-,9-/m0/s1. The Hall–Kier alpha value is -1.61. The van der Waals surface area contributed by atoms with Crippen molar-refractivity contribution in [3.05, 3.63) is 0 Å². The summed E-state index contributed by atoms with van der Waals surface area (Å²) < 4.78 is 4.41. The van der Waals surface area contributed by atoms with Gasteiger partial charge in [-0.3, -0.25) is 24.9 Å². The summed E-state index contributed by atoms with van der Waals surface area (Å²) in [6.45, 7) is 0.189. The minimum Gasteiger partial charge on any atom is -0.481 e. The lowest BCUT2D eigenvalue weighted by Gasteiger charge is -2.16. The van der Waals surface area contributed by atoms with Crippen molar-refractivity contribution in [2.24, 2.45) is 5.73 Å². The fraction of sp³-hybridized carbons (Fsp3) is 0.636. The number of nitrogens with one attached hydrogen (secondary N) is 1. The Labute approximate surface area is 121 Å². The Bertz CT molecular complexity index is 363. The monoisotopic (exact) mass is 306 g/mol. The minimum absolute atomic E-state index is 0.0223. The topological polar surface area (TPSA) is 136 Å². The van der Waals surface area contributed by atoms with E-state index in [2.05, 4.69) is 22.7 Å². The van der Waals surface area contributed by atoms with Gasteiger partial charge in [-0.05, 0) is 0 Å². The first-order valence-electron chi connectivity index (χ1n) is 5.90. The van der Waals surface area contributed by atoms with Gasteiger partial charge < -0.3 is 15.2 Å². The van der Waals surface area contributed by atoms with Gasteiger partial charge in [-0.25, -0.2) is 0 Å². The smallest absolute Gasteiger partial charge is 0.303 e. The molecule has 0 saturated heterocycles. The number of amides is 1.